The Morgan fingerprint density at radius 2 is 0.608 bits per heavy atom. The van der Waals surface area contributed by atoms with Crippen molar-refractivity contribution < 1.29 is 57.0 Å². The maximum Gasteiger partial charge on any atom is 0.311 e. The minimum atomic E-state index is -0.520. The van der Waals surface area contributed by atoms with Crippen molar-refractivity contribution in [3.8, 4) is 46.0 Å². The molecule has 0 radical (unpaired) electrons. The molecular weight excluding hydrogens is 1610 g/mol. The van der Waals surface area contributed by atoms with Crippen LogP contribution in [0.4, 0.5) is 34.1 Å². The van der Waals surface area contributed by atoms with Crippen LogP contribution in [0.25, 0.3) is 24.3 Å². The van der Waals surface area contributed by atoms with Crippen molar-refractivity contribution in [2.24, 2.45) is 58.2 Å². The quantitative estimate of drug-likeness (QED) is 0.0265. The highest BCUT2D eigenvalue weighted by molar-refractivity contribution is 5.84. The first-order chi connectivity index (χ1) is 62.4. The Bertz CT molecular complexity index is 5000. The largest absolute Gasteiger partial charge is 0.497 e. The third-order valence-corrected chi connectivity index (χ3v) is 28.5. The molecule has 0 bridgehead atoms. The smallest absolute Gasteiger partial charge is 0.311 e. The van der Waals surface area contributed by atoms with Crippen LogP contribution in [0.15, 0.2) is 170 Å². The normalized spacial score (nSPS) is 19.4. The van der Waals surface area contributed by atoms with Gasteiger partial charge in [0.15, 0.2) is 0 Å². The first-order valence-electron chi connectivity index (χ1n) is 48.6. The maximum atomic E-state index is 13.5. The fourth-order valence-electron chi connectivity index (χ4n) is 20.7. The van der Waals surface area contributed by atoms with Gasteiger partial charge in [-0.2, -0.15) is 0 Å². The molecule has 13 rings (SSSR count). The first kappa shape index (κ1) is 96.9. The van der Waals surface area contributed by atoms with Crippen LogP contribution in [0.5, 0.6) is 46.0 Å². The van der Waals surface area contributed by atoms with Crippen LogP contribution in [0.1, 0.15) is 267 Å². The summed E-state index contributed by atoms with van der Waals surface area (Å²) in [4.78, 5) is 31.7. The number of carbonyl (C=O) groups excluding carboxylic acids is 2. The number of nitrogens with zero attached hydrogens (tertiary/aromatic N) is 2. The third kappa shape index (κ3) is 22.9. The molecule has 2 fully saturated rings. The predicted octanol–water partition coefficient (Wildman–Crippen LogP) is 29.1. The summed E-state index contributed by atoms with van der Waals surface area (Å²) in [6, 6.07) is 61.7. The minimum absolute atomic E-state index is 0.0861. The van der Waals surface area contributed by atoms with Gasteiger partial charge in [-0.15, -0.1) is 0 Å². The molecule has 14 nitrogen and oxygen atoms in total. The van der Waals surface area contributed by atoms with Gasteiger partial charge in [-0.25, -0.2) is 0 Å². The molecular formula is C116H148N2O12. The van der Waals surface area contributed by atoms with Crippen molar-refractivity contribution in [2.45, 2.75) is 237 Å². The van der Waals surface area contributed by atoms with Crippen LogP contribution < -0.4 is 47.7 Å². The number of carbonyl (C=O) groups is 2. The Labute approximate surface area is 778 Å². The van der Waals surface area contributed by atoms with Gasteiger partial charge in [0.2, 0.25) is 0 Å². The second-order valence-electron chi connectivity index (χ2n) is 40.8. The average molecular weight is 1760 g/mol. The van der Waals surface area contributed by atoms with Gasteiger partial charge in [-0.05, 0) is 329 Å². The van der Waals surface area contributed by atoms with Crippen molar-refractivity contribution in [3.05, 3.63) is 237 Å². The highest BCUT2D eigenvalue weighted by Crippen LogP contribution is 2.61. The van der Waals surface area contributed by atoms with E-state index in [9.17, 15) is 9.59 Å². The van der Waals surface area contributed by atoms with E-state index in [-0.39, 0.29) is 34.6 Å². The number of hydrogen-bond acceptors (Lipinski definition) is 14. The average Bonchev–Trinajstić information content (AvgIpc) is 0.723. The molecule has 130 heavy (non-hydrogen) atoms. The molecule has 2 unspecified atom stereocenters. The van der Waals surface area contributed by atoms with Gasteiger partial charge >= 0.3 is 11.9 Å². The van der Waals surface area contributed by atoms with Gasteiger partial charge in [0.25, 0.3) is 0 Å². The lowest BCUT2D eigenvalue weighted by Crippen LogP contribution is -2.52. The molecule has 0 saturated heterocycles. The zero-order valence-electron chi connectivity index (χ0n) is 81.9. The Morgan fingerprint density at radius 3 is 0.892 bits per heavy atom. The number of fused-ring (bicyclic) bond motifs is 6. The summed E-state index contributed by atoms with van der Waals surface area (Å²) >= 11 is 0. The molecule has 0 aromatic heterocycles. The Hall–Kier alpha value is -10.6. The van der Waals surface area contributed by atoms with Crippen LogP contribution in [0.3, 0.4) is 0 Å². The topological polar surface area (TPSA) is 133 Å². The van der Waals surface area contributed by atoms with Crippen LogP contribution in [0, 0.1) is 58.2 Å². The van der Waals surface area contributed by atoms with Crippen LogP contribution in [-0.4, -0.2) is 80.0 Å². The molecule has 9 aromatic rings. The summed E-state index contributed by atoms with van der Waals surface area (Å²) in [5.74, 6) is 9.13. The lowest BCUT2D eigenvalue weighted by Gasteiger charge is -2.54. The second-order valence-corrected chi connectivity index (χ2v) is 40.8. The van der Waals surface area contributed by atoms with Crippen molar-refractivity contribution in [1.29, 1.82) is 0 Å². The van der Waals surface area contributed by atoms with Crippen LogP contribution in [0.2, 0.25) is 0 Å². The first-order valence-corrected chi connectivity index (χ1v) is 48.6. The van der Waals surface area contributed by atoms with Gasteiger partial charge in [0, 0.05) is 80.3 Å². The summed E-state index contributed by atoms with van der Waals surface area (Å²) in [5, 5.41) is 0. The Balaban J connectivity index is 0.834. The SMILES string of the molecule is COC(=O)[C@]1(C)CCC[C@]2(C)c3ccc(N(c4ccc(Cc5cc(OCCC(C)C)c(/C=C/c6cc(OCCC(C)C)c(/C=C/c7cc(OCCC(C)C)c(Cc8ccc(N(c9ccc(OC)cc9)c9ccc%10c(c9)CCC9[C@](C)(C(=O)OC)CCC[C@]%109C)cc8)cc7OCCC(C)C)cc6OCCC(C)C)cc5OCCC(C)C)cc4)c4ccc(OC)cc4)cc3CCC12. The summed E-state index contributed by atoms with van der Waals surface area (Å²) in [6.45, 7) is 39.2. The predicted molar refractivity (Wildman–Crippen MR) is 534 cm³/mol. The highest BCUT2D eigenvalue weighted by atomic mass is 16.5. The second kappa shape index (κ2) is 43.6. The van der Waals surface area contributed by atoms with Crippen molar-refractivity contribution >= 4 is 70.4 Å². The van der Waals surface area contributed by atoms with E-state index in [1.807, 2.05) is 24.3 Å². The fraction of sp³-hybridized carbons (Fsp3) is 0.483. The van der Waals surface area contributed by atoms with E-state index in [0.717, 1.165) is 227 Å². The van der Waals surface area contributed by atoms with Gasteiger partial charge in [0.1, 0.15) is 46.0 Å². The summed E-state index contributed by atoms with van der Waals surface area (Å²) in [5.41, 5.74) is 18.3. The lowest BCUT2D eigenvalue weighted by atomic mass is 9.50. The molecule has 0 heterocycles. The number of anilines is 6. The molecule has 4 aliphatic carbocycles. The van der Waals surface area contributed by atoms with Crippen LogP contribution >= 0.6 is 0 Å². The van der Waals surface area contributed by atoms with E-state index < -0.39 is 10.8 Å². The van der Waals surface area contributed by atoms with Gasteiger partial charge < -0.3 is 57.2 Å². The van der Waals surface area contributed by atoms with Crippen molar-refractivity contribution in [1.82, 2.24) is 0 Å². The number of rotatable bonds is 42. The zero-order chi connectivity index (χ0) is 92.6. The maximum absolute atomic E-state index is 13.5. The number of benzene rings is 9. The molecule has 9 aromatic carbocycles. The van der Waals surface area contributed by atoms with E-state index in [4.69, 9.17) is 47.4 Å². The summed E-state index contributed by atoms with van der Waals surface area (Å²) in [6.07, 6.45) is 24.6. The molecule has 2 saturated carbocycles. The molecule has 694 valence electrons. The molecule has 14 heteroatoms. The lowest BCUT2D eigenvalue weighted by molar-refractivity contribution is -0.162. The molecule has 0 N–H and O–H groups in total. The van der Waals surface area contributed by atoms with Gasteiger partial charge in [-0.1, -0.05) is 170 Å². The minimum Gasteiger partial charge on any atom is -0.497 e. The Morgan fingerprint density at radius 1 is 0.338 bits per heavy atom. The van der Waals surface area contributed by atoms with E-state index in [1.54, 1.807) is 14.2 Å². The fourth-order valence-corrected chi connectivity index (χ4v) is 20.7. The molecule has 0 aliphatic heterocycles. The standard InChI is InChI=1S/C116H148N2O12/c1-77(2)51-61-125-103-71-88(28-30-90-74-108(130-66-56-82(11)12)92(76-106(90)128-64-54-80(7)8)68-84-25-35-94(36-26-84)118(96-39-45-100(122-18)46-40-96)98-42-48-102-86(70-98)32-50-110-114(102,14)58-22-60-116(110,16)112(120)124-20)104(126-62-52-78(3)4)72-87(103)27-29-89-73-107(129-65-55-81(9)10)91(75-105(89)127-63-53-79(5)6)67-83-23-33-93(34-24-83)117(95-37-43-99(121-17)44-38-95)97-41-47-101-85(69-97)31-49-109-113(101,13)57-21-59-115(109,15)111(119)123-19/h23-30,33-48,69-82,109-110H,21-22,31-32,49-68H2,1-20H3/b29-27+,30-28+/t109?,110?,113-,114-,115-,116-/m1/s1. The van der Waals surface area contributed by atoms with Crippen LogP contribution in [-0.2, 0) is 55.6 Å². The number of esters is 2. The highest BCUT2D eigenvalue weighted by Gasteiger charge is 2.57. The van der Waals surface area contributed by atoms with Crippen molar-refractivity contribution in [3.63, 3.8) is 0 Å². The monoisotopic (exact) mass is 1760 g/mol. The van der Waals surface area contributed by atoms with E-state index >= 15 is 0 Å². The number of ether oxygens (including phenoxy) is 10. The third-order valence-electron chi connectivity index (χ3n) is 28.5. The molecule has 0 spiro atoms. The Kier molecular flexibility index (Phi) is 32.5. The van der Waals surface area contributed by atoms with Gasteiger partial charge in [-0.3, -0.25) is 9.59 Å². The summed E-state index contributed by atoms with van der Waals surface area (Å²) in [7, 11) is 6.49. The summed E-state index contributed by atoms with van der Waals surface area (Å²) < 4.78 is 64.1. The van der Waals surface area contributed by atoms with E-state index in [0.29, 0.717) is 88.0 Å². The van der Waals surface area contributed by atoms with E-state index in [2.05, 4.69) is 290 Å². The number of hydrogen-bond donors (Lipinski definition) is 0. The molecule has 6 atom stereocenters. The van der Waals surface area contributed by atoms with Gasteiger partial charge in [0.05, 0.1) is 78.9 Å². The van der Waals surface area contributed by atoms with Crippen molar-refractivity contribution in [2.75, 3.05) is 77.9 Å². The molecule has 4 aliphatic rings. The zero-order valence-corrected chi connectivity index (χ0v) is 81.9. The molecule has 0 amide bonds. The number of methoxy groups -OCH3 is 4. The number of aryl methyl sites for hydroxylation is 2. The van der Waals surface area contributed by atoms with E-state index in [1.165, 1.54) is 36.5 Å².